The van der Waals surface area contributed by atoms with Crippen LogP contribution >= 0.6 is 11.3 Å². The van der Waals surface area contributed by atoms with Gasteiger partial charge in [-0.2, -0.15) is 0 Å². The summed E-state index contributed by atoms with van der Waals surface area (Å²) in [5.41, 5.74) is 1.39. The van der Waals surface area contributed by atoms with Gasteiger partial charge in [-0.25, -0.2) is 0 Å². The van der Waals surface area contributed by atoms with Crippen LogP contribution in [0, 0.1) is 0 Å². The number of amides is 1. The summed E-state index contributed by atoms with van der Waals surface area (Å²) in [4.78, 5) is 18.3. The second kappa shape index (κ2) is 9.32. The predicted octanol–water partition coefficient (Wildman–Crippen LogP) is 3.38. The lowest BCUT2D eigenvalue weighted by Gasteiger charge is -2.34. The summed E-state index contributed by atoms with van der Waals surface area (Å²) in [6.07, 6.45) is 0.919. The zero-order valence-electron chi connectivity index (χ0n) is 16.1. The number of nitrogens with zero attached hydrogens (tertiary/aromatic N) is 2. The van der Waals surface area contributed by atoms with Gasteiger partial charge in [0.15, 0.2) is 0 Å². The molecule has 0 bridgehead atoms. The SMILES string of the molecule is O=C(CN1CCN(Cc2cccc3ccccc23)CC1)NCCc1cccs1. The number of rotatable bonds is 7. The monoisotopic (exact) mass is 393 g/mol. The maximum absolute atomic E-state index is 12.2. The van der Waals surface area contributed by atoms with Gasteiger partial charge in [0, 0.05) is 44.1 Å². The van der Waals surface area contributed by atoms with Crippen LogP contribution in [0.2, 0.25) is 0 Å². The number of carbonyl (C=O) groups excluding carboxylic acids is 1. The van der Waals surface area contributed by atoms with Crippen molar-refractivity contribution in [2.45, 2.75) is 13.0 Å². The molecule has 1 aliphatic heterocycles. The number of piperazine rings is 1. The van der Waals surface area contributed by atoms with Crippen LogP contribution < -0.4 is 5.32 Å². The van der Waals surface area contributed by atoms with Gasteiger partial charge in [0.2, 0.25) is 5.91 Å². The van der Waals surface area contributed by atoms with E-state index in [1.807, 2.05) is 0 Å². The molecule has 0 radical (unpaired) electrons. The van der Waals surface area contributed by atoms with Crippen molar-refractivity contribution in [2.75, 3.05) is 39.3 Å². The first kappa shape index (κ1) is 19.1. The molecule has 1 saturated heterocycles. The molecule has 146 valence electrons. The largest absolute Gasteiger partial charge is 0.355 e. The van der Waals surface area contributed by atoms with Crippen LogP contribution in [0.5, 0.6) is 0 Å². The van der Waals surface area contributed by atoms with Gasteiger partial charge < -0.3 is 5.32 Å². The fourth-order valence-corrected chi connectivity index (χ4v) is 4.52. The van der Waals surface area contributed by atoms with Crippen molar-refractivity contribution in [1.82, 2.24) is 15.1 Å². The van der Waals surface area contributed by atoms with Crippen molar-refractivity contribution in [3.05, 3.63) is 70.4 Å². The first-order valence-corrected chi connectivity index (χ1v) is 10.9. The van der Waals surface area contributed by atoms with Gasteiger partial charge in [-0.1, -0.05) is 48.5 Å². The van der Waals surface area contributed by atoms with Gasteiger partial charge >= 0.3 is 0 Å². The van der Waals surface area contributed by atoms with Gasteiger partial charge in [0.1, 0.15) is 0 Å². The first-order chi connectivity index (χ1) is 13.8. The molecule has 0 unspecified atom stereocenters. The Morgan fingerprint density at radius 3 is 2.54 bits per heavy atom. The minimum absolute atomic E-state index is 0.138. The standard InChI is InChI=1S/C23H27N3OS/c27-23(24-11-10-21-8-4-16-28-21)18-26-14-12-25(13-15-26)17-20-7-3-6-19-5-1-2-9-22(19)20/h1-9,16H,10-15,17-18H2,(H,24,27). The molecule has 1 amide bonds. The van der Waals surface area contributed by atoms with E-state index in [1.54, 1.807) is 11.3 Å². The van der Waals surface area contributed by atoms with E-state index in [1.165, 1.54) is 21.2 Å². The second-order valence-electron chi connectivity index (χ2n) is 7.37. The quantitative estimate of drug-likeness (QED) is 0.668. The van der Waals surface area contributed by atoms with Crippen molar-refractivity contribution >= 4 is 28.0 Å². The lowest BCUT2D eigenvalue weighted by atomic mass is 10.0. The van der Waals surface area contributed by atoms with Crippen LogP contribution in [-0.4, -0.2) is 55.0 Å². The lowest BCUT2D eigenvalue weighted by Crippen LogP contribution is -2.49. The predicted molar refractivity (Wildman–Crippen MR) is 117 cm³/mol. The van der Waals surface area contributed by atoms with Gasteiger partial charge in [-0.05, 0) is 34.2 Å². The molecule has 5 heteroatoms. The third-order valence-electron chi connectivity index (χ3n) is 5.38. The van der Waals surface area contributed by atoms with Crippen LogP contribution in [0.15, 0.2) is 60.0 Å². The molecule has 1 fully saturated rings. The van der Waals surface area contributed by atoms with E-state index in [0.717, 1.165) is 45.7 Å². The zero-order chi connectivity index (χ0) is 19.2. The molecule has 1 aliphatic rings. The van der Waals surface area contributed by atoms with Gasteiger partial charge in [-0.15, -0.1) is 11.3 Å². The molecular weight excluding hydrogens is 366 g/mol. The fraction of sp³-hybridized carbons (Fsp3) is 0.348. The molecule has 2 aromatic carbocycles. The number of benzene rings is 2. The number of nitrogens with one attached hydrogen (secondary N) is 1. The Balaban J connectivity index is 1.21. The summed E-state index contributed by atoms with van der Waals surface area (Å²) in [7, 11) is 0. The van der Waals surface area contributed by atoms with E-state index >= 15 is 0 Å². The van der Waals surface area contributed by atoms with E-state index in [-0.39, 0.29) is 5.91 Å². The highest BCUT2D eigenvalue weighted by Crippen LogP contribution is 2.20. The Kier molecular flexibility index (Phi) is 6.37. The van der Waals surface area contributed by atoms with Crippen molar-refractivity contribution in [3.8, 4) is 0 Å². The summed E-state index contributed by atoms with van der Waals surface area (Å²) in [5.74, 6) is 0.138. The molecule has 2 heterocycles. The molecule has 0 saturated carbocycles. The summed E-state index contributed by atoms with van der Waals surface area (Å²) in [6, 6.07) is 19.3. The van der Waals surface area contributed by atoms with Crippen molar-refractivity contribution in [2.24, 2.45) is 0 Å². The highest BCUT2D eigenvalue weighted by Gasteiger charge is 2.19. The van der Waals surface area contributed by atoms with Crippen molar-refractivity contribution in [3.63, 3.8) is 0 Å². The zero-order valence-corrected chi connectivity index (χ0v) is 17.0. The van der Waals surface area contributed by atoms with Crippen molar-refractivity contribution < 1.29 is 4.79 Å². The molecule has 0 atom stereocenters. The smallest absolute Gasteiger partial charge is 0.234 e. The molecule has 3 aromatic rings. The summed E-state index contributed by atoms with van der Waals surface area (Å²) >= 11 is 1.74. The van der Waals surface area contributed by atoms with Crippen LogP contribution in [0.4, 0.5) is 0 Å². The molecule has 1 N–H and O–H groups in total. The van der Waals surface area contributed by atoms with Crippen LogP contribution in [-0.2, 0) is 17.8 Å². The van der Waals surface area contributed by atoms with E-state index in [0.29, 0.717) is 6.54 Å². The number of thiophene rings is 1. The normalized spacial score (nSPS) is 15.7. The maximum Gasteiger partial charge on any atom is 0.234 e. The Bertz CT molecular complexity index is 896. The molecule has 0 aliphatic carbocycles. The molecular formula is C23H27N3OS. The van der Waals surface area contributed by atoms with Crippen LogP contribution in [0.25, 0.3) is 10.8 Å². The van der Waals surface area contributed by atoms with Gasteiger partial charge in [0.05, 0.1) is 6.54 Å². The van der Waals surface area contributed by atoms with Gasteiger partial charge in [-0.3, -0.25) is 14.6 Å². The Morgan fingerprint density at radius 2 is 1.71 bits per heavy atom. The minimum Gasteiger partial charge on any atom is -0.355 e. The molecule has 4 nitrogen and oxygen atoms in total. The molecule has 28 heavy (non-hydrogen) atoms. The van der Waals surface area contributed by atoms with Gasteiger partial charge in [0.25, 0.3) is 0 Å². The molecule has 0 spiro atoms. The van der Waals surface area contributed by atoms with Crippen LogP contribution in [0.3, 0.4) is 0 Å². The highest BCUT2D eigenvalue weighted by atomic mass is 32.1. The van der Waals surface area contributed by atoms with E-state index in [4.69, 9.17) is 0 Å². The third kappa shape index (κ3) is 4.98. The average Bonchev–Trinajstić information content (AvgIpc) is 3.23. The summed E-state index contributed by atoms with van der Waals surface area (Å²) in [6.45, 7) is 6.11. The number of hydrogen-bond acceptors (Lipinski definition) is 4. The number of fused-ring (bicyclic) bond motifs is 1. The van der Waals surface area contributed by atoms with E-state index in [9.17, 15) is 4.79 Å². The minimum atomic E-state index is 0.138. The summed E-state index contributed by atoms with van der Waals surface area (Å²) < 4.78 is 0. The number of hydrogen-bond donors (Lipinski definition) is 1. The van der Waals surface area contributed by atoms with E-state index < -0.39 is 0 Å². The third-order valence-corrected chi connectivity index (χ3v) is 6.32. The topological polar surface area (TPSA) is 35.6 Å². The maximum atomic E-state index is 12.2. The van der Waals surface area contributed by atoms with E-state index in [2.05, 4.69) is 75.1 Å². The molecule has 1 aromatic heterocycles. The second-order valence-corrected chi connectivity index (χ2v) is 8.40. The lowest BCUT2D eigenvalue weighted by molar-refractivity contribution is -0.122. The Hall–Kier alpha value is -2.21. The Morgan fingerprint density at radius 1 is 0.929 bits per heavy atom. The molecule has 4 rings (SSSR count). The first-order valence-electron chi connectivity index (χ1n) is 9.98. The van der Waals surface area contributed by atoms with Crippen LogP contribution in [0.1, 0.15) is 10.4 Å². The highest BCUT2D eigenvalue weighted by molar-refractivity contribution is 7.09. The fourth-order valence-electron chi connectivity index (χ4n) is 3.82. The van der Waals surface area contributed by atoms with Crippen molar-refractivity contribution in [1.29, 1.82) is 0 Å². The summed E-state index contributed by atoms with van der Waals surface area (Å²) in [5, 5.41) is 7.78. The Labute approximate surface area is 170 Å². The average molecular weight is 394 g/mol. The number of carbonyl (C=O) groups is 1.